The molecule has 0 bridgehead atoms. The maximum absolute atomic E-state index is 13.0. The molecule has 0 aliphatic carbocycles. The number of hydrogen-bond acceptors (Lipinski definition) is 6. The number of aromatic nitrogens is 2. The maximum atomic E-state index is 13.0. The number of para-hydroxylation sites is 1. The van der Waals surface area contributed by atoms with Gasteiger partial charge in [-0.25, -0.2) is 9.48 Å². The molecule has 0 unspecified atom stereocenters. The van der Waals surface area contributed by atoms with E-state index < -0.39 is 11.9 Å². The highest BCUT2D eigenvalue weighted by Gasteiger charge is 2.23. The van der Waals surface area contributed by atoms with Crippen LogP contribution in [0.25, 0.3) is 5.69 Å². The van der Waals surface area contributed by atoms with Crippen LogP contribution in [0.3, 0.4) is 0 Å². The summed E-state index contributed by atoms with van der Waals surface area (Å²) in [6.45, 7) is 1.82. The summed E-state index contributed by atoms with van der Waals surface area (Å²) < 4.78 is 17.8. The Labute approximate surface area is 215 Å². The van der Waals surface area contributed by atoms with E-state index in [0.29, 0.717) is 16.5 Å². The number of nitrogens with zero attached hydrogens (tertiary/aromatic N) is 2. The molecule has 35 heavy (non-hydrogen) atoms. The first-order chi connectivity index (χ1) is 16.9. The van der Waals surface area contributed by atoms with Crippen LogP contribution in [0, 0.1) is 0 Å². The molecule has 0 spiro atoms. The predicted molar refractivity (Wildman–Crippen MR) is 132 cm³/mol. The molecule has 0 radical (unpaired) electrons. The Balaban J connectivity index is 1.54. The van der Waals surface area contributed by atoms with E-state index in [1.807, 2.05) is 18.2 Å². The predicted octanol–water partition coefficient (Wildman–Crippen LogP) is 6.43. The summed E-state index contributed by atoms with van der Waals surface area (Å²) in [5.74, 6) is -0.483. The molecule has 0 atom stereocenters. The van der Waals surface area contributed by atoms with Gasteiger partial charge in [0.1, 0.15) is 17.9 Å². The minimum atomic E-state index is -0.616. The molecule has 0 aliphatic heterocycles. The molecule has 2 heterocycles. The van der Waals surface area contributed by atoms with Crippen molar-refractivity contribution in [2.45, 2.75) is 13.5 Å². The second-order valence-corrected chi connectivity index (χ2v) is 8.33. The van der Waals surface area contributed by atoms with Crippen LogP contribution in [0.2, 0.25) is 15.1 Å². The largest absolute Gasteiger partial charge is 0.483 e. The van der Waals surface area contributed by atoms with E-state index in [9.17, 15) is 9.59 Å². The maximum Gasteiger partial charge on any atom is 0.343 e. The fourth-order valence-electron chi connectivity index (χ4n) is 3.15. The molecule has 0 fully saturated rings. The number of furan rings is 1. The zero-order valence-electron chi connectivity index (χ0n) is 18.3. The van der Waals surface area contributed by atoms with E-state index in [1.54, 1.807) is 25.1 Å². The van der Waals surface area contributed by atoms with Gasteiger partial charge in [0.2, 0.25) is 0 Å². The molecule has 8 nitrogen and oxygen atoms in total. The molecule has 2 aromatic heterocycles. The lowest BCUT2D eigenvalue weighted by molar-refractivity contribution is 0.0527. The number of benzene rings is 2. The summed E-state index contributed by atoms with van der Waals surface area (Å²) in [6, 6.07) is 15.1. The molecular formula is C24H18Cl3N3O5. The molecule has 0 saturated carbocycles. The number of nitrogens with one attached hydrogen (secondary N) is 1. The van der Waals surface area contributed by atoms with Crippen molar-refractivity contribution in [3.8, 4) is 11.4 Å². The average Bonchev–Trinajstić information content (AvgIpc) is 3.46. The third-order valence-electron chi connectivity index (χ3n) is 4.70. The van der Waals surface area contributed by atoms with Gasteiger partial charge in [0.25, 0.3) is 5.91 Å². The molecule has 0 aliphatic rings. The zero-order chi connectivity index (χ0) is 24.9. The number of anilines is 1. The Morgan fingerprint density at radius 2 is 1.77 bits per heavy atom. The lowest BCUT2D eigenvalue weighted by Gasteiger charge is -2.10. The molecule has 0 saturated heterocycles. The van der Waals surface area contributed by atoms with Gasteiger partial charge in [-0.2, -0.15) is 5.10 Å². The van der Waals surface area contributed by atoms with Gasteiger partial charge >= 0.3 is 5.97 Å². The molecule has 2 aromatic carbocycles. The first-order valence-corrected chi connectivity index (χ1v) is 11.5. The Bertz CT molecular complexity index is 1340. The van der Waals surface area contributed by atoms with Crippen LogP contribution in [0.15, 0.2) is 65.2 Å². The summed E-state index contributed by atoms with van der Waals surface area (Å²) in [5, 5.41) is 7.80. The summed E-state index contributed by atoms with van der Waals surface area (Å²) >= 11 is 18.2. The molecule has 4 rings (SSSR count). The highest BCUT2D eigenvalue weighted by molar-refractivity contribution is 6.40. The number of amides is 1. The fraction of sp³-hybridized carbons (Fsp3) is 0.125. The summed E-state index contributed by atoms with van der Waals surface area (Å²) in [6.07, 6.45) is 1.33. The van der Waals surface area contributed by atoms with Crippen LogP contribution >= 0.6 is 34.8 Å². The topological polar surface area (TPSA) is 95.6 Å². The van der Waals surface area contributed by atoms with Crippen molar-refractivity contribution in [1.29, 1.82) is 0 Å². The molecule has 1 amide bonds. The van der Waals surface area contributed by atoms with E-state index in [-0.39, 0.29) is 46.2 Å². The third kappa shape index (κ3) is 5.62. The van der Waals surface area contributed by atoms with E-state index in [2.05, 4.69) is 10.4 Å². The number of hydrogen-bond donors (Lipinski definition) is 1. The minimum Gasteiger partial charge on any atom is -0.483 e. The van der Waals surface area contributed by atoms with Crippen molar-refractivity contribution < 1.29 is 23.5 Å². The van der Waals surface area contributed by atoms with Crippen LogP contribution in [-0.2, 0) is 11.3 Å². The Morgan fingerprint density at radius 3 is 2.46 bits per heavy atom. The minimum absolute atomic E-state index is 0.00693. The van der Waals surface area contributed by atoms with Crippen molar-refractivity contribution >= 4 is 52.5 Å². The van der Waals surface area contributed by atoms with Gasteiger partial charge in [-0.15, -0.1) is 0 Å². The normalized spacial score (nSPS) is 10.7. The van der Waals surface area contributed by atoms with E-state index in [1.165, 1.54) is 29.1 Å². The van der Waals surface area contributed by atoms with Gasteiger partial charge in [0, 0.05) is 5.02 Å². The monoisotopic (exact) mass is 533 g/mol. The van der Waals surface area contributed by atoms with Crippen molar-refractivity contribution in [3.05, 3.63) is 92.9 Å². The van der Waals surface area contributed by atoms with Crippen LogP contribution in [0.1, 0.15) is 33.6 Å². The van der Waals surface area contributed by atoms with Crippen LogP contribution in [-0.4, -0.2) is 28.3 Å². The Hall–Kier alpha value is -3.46. The molecular weight excluding hydrogens is 517 g/mol. The number of carbonyl (C=O) groups is 2. The first kappa shape index (κ1) is 24.7. The zero-order valence-corrected chi connectivity index (χ0v) is 20.5. The average molecular weight is 535 g/mol. The van der Waals surface area contributed by atoms with E-state index in [0.717, 1.165) is 0 Å². The number of carbonyl (C=O) groups excluding carboxylic acids is 2. The Morgan fingerprint density at radius 1 is 1.06 bits per heavy atom. The van der Waals surface area contributed by atoms with Crippen LogP contribution in [0.5, 0.6) is 5.75 Å². The van der Waals surface area contributed by atoms with Gasteiger partial charge < -0.3 is 19.2 Å². The number of halogens is 3. The third-order valence-corrected chi connectivity index (χ3v) is 5.48. The SMILES string of the molecule is CCOC(=O)c1cnn(-c2ccccc2)c1NC(=O)c1ccc(COc2c(Cl)cc(Cl)cc2Cl)o1. The molecule has 1 N–H and O–H groups in total. The highest BCUT2D eigenvalue weighted by atomic mass is 35.5. The van der Waals surface area contributed by atoms with Crippen molar-refractivity contribution in [2.24, 2.45) is 0 Å². The number of ether oxygens (including phenoxy) is 2. The van der Waals surface area contributed by atoms with Gasteiger partial charge in [0.15, 0.2) is 17.3 Å². The summed E-state index contributed by atoms with van der Waals surface area (Å²) in [7, 11) is 0. The van der Waals surface area contributed by atoms with Gasteiger partial charge in [0.05, 0.1) is 28.5 Å². The molecule has 180 valence electrons. The van der Waals surface area contributed by atoms with Crippen molar-refractivity contribution in [1.82, 2.24) is 9.78 Å². The first-order valence-electron chi connectivity index (χ1n) is 10.3. The second-order valence-electron chi connectivity index (χ2n) is 7.08. The number of esters is 1. The lowest BCUT2D eigenvalue weighted by Crippen LogP contribution is -2.17. The fourth-order valence-corrected chi connectivity index (χ4v) is 4.07. The van der Waals surface area contributed by atoms with Crippen LogP contribution < -0.4 is 10.1 Å². The summed E-state index contributed by atoms with van der Waals surface area (Å²) in [5.41, 5.74) is 0.745. The standard InChI is InChI=1S/C24H18Cl3N3O5/c1-2-33-24(32)17-12-28-30(15-6-4-3-5-7-15)22(17)29-23(31)20-9-8-16(35-20)13-34-21-18(26)10-14(25)11-19(21)27/h3-12H,2,13H2,1H3,(H,29,31). The van der Waals surface area contributed by atoms with Crippen molar-refractivity contribution in [2.75, 3.05) is 11.9 Å². The van der Waals surface area contributed by atoms with Gasteiger partial charge in [-0.1, -0.05) is 53.0 Å². The van der Waals surface area contributed by atoms with E-state index >= 15 is 0 Å². The quantitative estimate of drug-likeness (QED) is 0.262. The lowest BCUT2D eigenvalue weighted by atomic mass is 10.3. The van der Waals surface area contributed by atoms with Crippen molar-refractivity contribution in [3.63, 3.8) is 0 Å². The van der Waals surface area contributed by atoms with E-state index in [4.69, 9.17) is 48.7 Å². The molecule has 11 heteroatoms. The van der Waals surface area contributed by atoms with Gasteiger partial charge in [-0.05, 0) is 43.3 Å². The molecule has 4 aromatic rings. The van der Waals surface area contributed by atoms with Crippen LogP contribution in [0.4, 0.5) is 5.82 Å². The van der Waals surface area contributed by atoms with Gasteiger partial charge in [-0.3, -0.25) is 4.79 Å². The smallest absolute Gasteiger partial charge is 0.343 e. The Kier molecular flexibility index (Phi) is 7.65. The number of rotatable bonds is 8. The summed E-state index contributed by atoms with van der Waals surface area (Å²) in [4.78, 5) is 25.4. The second kappa shape index (κ2) is 10.9. The highest BCUT2D eigenvalue weighted by Crippen LogP contribution is 2.36.